The molecule has 2 aromatic rings. The Balaban J connectivity index is 1.40. The number of aromatic nitrogens is 1. The van der Waals surface area contributed by atoms with Gasteiger partial charge in [0.05, 0.1) is 39.2 Å². The molecule has 1 atom stereocenters. The smallest absolute Gasteiger partial charge is 0.310 e. The molecule has 1 aliphatic carbocycles. The number of aliphatic hydroxyl groups excluding tert-OH is 1. The van der Waals surface area contributed by atoms with E-state index in [1.165, 1.54) is 0 Å². The number of anilines is 2. The van der Waals surface area contributed by atoms with E-state index in [-0.39, 0.29) is 18.1 Å². The quantitative estimate of drug-likeness (QED) is 0.421. The van der Waals surface area contributed by atoms with Crippen LogP contribution in [-0.2, 0) is 17.2 Å². The summed E-state index contributed by atoms with van der Waals surface area (Å²) in [7, 11) is -11.0. The van der Waals surface area contributed by atoms with E-state index in [4.69, 9.17) is 4.98 Å². The van der Waals surface area contributed by atoms with Gasteiger partial charge >= 0.3 is 10.2 Å². The van der Waals surface area contributed by atoms with Crippen molar-refractivity contribution in [3.05, 3.63) is 41.1 Å². The molecule has 0 unspecified atom stereocenters. The standard InChI is InChI=1S/C24H27F5N4O2S2/c25-37(26,27,28,29)18-4-2-16(3-5-18)17-6-11-33(12-7-17)23-19(14-30)21(32-24(15-34)9-1-10-24)22-20(31-23)8-13-36(22)35/h2-5,17,34H,1,6-13,15H2,(H,31,32)/t36-/m1/s1. The fourth-order valence-electron chi connectivity index (χ4n) is 5.38. The molecule has 0 amide bonds. The van der Waals surface area contributed by atoms with Crippen LogP contribution in [0.25, 0.3) is 0 Å². The van der Waals surface area contributed by atoms with Crippen LogP contribution >= 0.6 is 10.2 Å². The van der Waals surface area contributed by atoms with Crippen LogP contribution in [0.2, 0.25) is 0 Å². The molecule has 3 heterocycles. The Morgan fingerprint density at radius 1 is 1.16 bits per heavy atom. The average Bonchev–Trinajstić information content (AvgIpc) is 3.20. The number of aryl methyl sites for hydroxylation is 1. The van der Waals surface area contributed by atoms with Gasteiger partial charge in [0.2, 0.25) is 0 Å². The van der Waals surface area contributed by atoms with Crippen molar-refractivity contribution < 1.29 is 28.7 Å². The van der Waals surface area contributed by atoms with Gasteiger partial charge < -0.3 is 15.3 Å². The second-order valence-electron chi connectivity index (χ2n) is 10.1. The zero-order valence-corrected chi connectivity index (χ0v) is 21.5. The van der Waals surface area contributed by atoms with Crippen LogP contribution in [0.5, 0.6) is 0 Å². The number of nitriles is 1. The molecule has 2 N–H and O–H groups in total. The lowest BCUT2D eigenvalue weighted by Crippen LogP contribution is -2.48. The molecule has 1 aromatic carbocycles. The second-order valence-corrected chi connectivity index (χ2v) is 14.0. The highest BCUT2D eigenvalue weighted by Crippen LogP contribution is 3.02. The summed E-state index contributed by atoms with van der Waals surface area (Å²) < 4.78 is 78.1. The summed E-state index contributed by atoms with van der Waals surface area (Å²) in [4.78, 5) is 5.29. The summed E-state index contributed by atoms with van der Waals surface area (Å²) >= 11 is 0. The third-order valence-electron chi connectivity index (χ3n) is 7.66. The van der Waals surface area contributed by atoms with Gasteiger partial charge in [-0.1, -0.05) is 31.6 Å². The molecule has 2 aliphatic heterocycles. The van der Waals surface area contributed by atoms with E-state index in [9.17, 15) is 34.0 Å². The van der Waals surface area contributed by atoms with Crippen LogP contribution in [0.4, 0.5) is 30.9 Å². The van der Waals surface area contributed by atoms with Crippen LogP contribution in [-0.4, -0.2) is 45.3 Å². The van der Waals surface area contributed by atoms with Crippen molar-refractivity contribution in [2.75, 3.05) is 35.7 Å². The van der Waals surface area contributed by atoms with Crippen molar-refractivity contribution >= 4 is 32.5 Å². The van der Waals surface area contributed by atoms with Crippen molar-refractivity contribution in [3.63, 3.8) is 0 Å². The van der Waals surface area contributed by atoms with Crippen molar-refractivity contribution in [3.8, 4) is 6.07 Å². The first-order valence-corrected chi connectivity index (χ1v) is 15.3. The van der Waals surface area contributed by atoms with Gasteiger partial charge in [0.25, 0.3) is 0 Å². The molecule has 1 saturated carbocycles. The molecular weight excluding hydrogens is 535 g/mol. The van der Waals surface area contributed by atoms with Gasteiger partial charge in [-0.25, -0.2) is 4.98 Å². The van der Waals surface area contributed by atoms with Crippen LogP contribution in [0.1, 0.15) is 54.8 Å². The highest BCUT2D eigenvalue weighted by molar-refractivity contribution is 8.45. The topological polar surface area (TPSA) is 89.2 Å². The average molecular weight is 563 g/mol. The molecule has 6 nitrogen and oxygen atoms in total. The first-order valence-electron chi connectivity index (χ1n) is 12.1. The van der Waals surface area contributed by atoms with E-state index in [2.05, 4.69) is 11.4 Å². The largest absolute Gasteiger partial charge is 0.394 e. The zero-order chi connectivity index (χ0) is 26.7. The fraction of sp³-hybridized carbons (Fsp3) is 0.500. The number of piperidine rings is 1. The van der Waals surface area contributed by atoms with Crippen LogP contribution in [0.15, 0.2) is 34.1 Å². The molecule has 1 saturated heterocycles. The Morgan fingerprint density at radius 3 is 2.32 bits per heavy atom. The molecule has 0 spiro atoms. The Hall–Kier alpha value is -2.43. The lowest BCUT2D eigenvalue weighted by molar-refractivity contribution is 0.144. The number of rotatable bonds is 6. The molecule has 0 radical (unpaired) electrons. The number of fused-ring (bicyclic) bond motifs is 1. The van der Waals surface area contributed by atoms with Crippen molar-refractivity contribution in [2.24, 2.45) is 0 Å². The molecule has 37 heavy (non-hydrogen) atoms. The third kappa shape index (κ3) is 4.91. The number of nitrogens with zero attached hydrogens (tertiary/aromatic N) is 3. The molecule has 0 bridgehead atoms. The molecule has 13 heteroatoms. The number of hydrogen-bond acceptors (Lipinski definition) is 6. The van der Waals surface area contributed by atoms with E-state index in [0.29, 0.717) is 77.9 Å². The zero-order valence-electron chi connectivity index (χ0n) is 19.9. The summed E-state index contributed by atoms with van der Waals surface area (Å²) in [6, 6.07) is 5.36. The monoisotopic (exact) mass is 562 g/mol. The van der Waals surface area contributed by atoms with E-state index >= 15 is 0 Å². The highest BCUT2D eigenvalue weighted by Gasteiger charge is 2.65. The predicted molar refractivity (Wildman–Crippen MR) is 133 cm³/mol. The van der Waals surface area contributed by atoms with Gasteiger partial charge in [-0.3, -0.25) is 4.21 Å². The Kier molecular flexibility index (Phi) is 5.86. The summed E-state index contributed by atoms with van der Waals surface area (Å²) in [6.07, 6.45) is 3.99. The number of pyridine rings is 1. The van der Waals surface area contributed by atoms with Gasteiger partial charge in [0.1, 0.15) is 22.3 Å². The minimum absolute atomic E-state index is 0.108. The molecular formula is C24H27F5N4O2S2. The summed E-state index contributed by atoms with van der Waals surface area (Å²) in [6.45, 7) is 0.813. The van der Waals surface area contributed by atoms with E-state index in [0.717, 1.165) is 31.4 Å². The SMILES string of the molecule is N#Cc1c(N2CCC(c3ccc(S(F)(F)(F)(F)F)cc3)CC2)nc2c(c1NC1(CO)CCC1)[S@](=O)CC2. The predicted octanol–water partition coefficient (Wildman–Crippen LogP) is 5.99. The van der Waals surface area contributed by atoms with Crippen LogP contribution < -0.4 is 10.2 Å². The van der Waals surface area contributed by atoms with Crippen molar-refractivity contribution in [1.29, 1.82) is 5.26 Å². The number of nitrogens with one attached hydrogen (secondary N) is 1. The maximum Gasteiger partial charge on any atom is 0.310 e. The number of hydrogen-bond donors (Lipinski definition) is 2. The van der Waals surface area contributed by atoms with Crippen LogP contribution in [0, 0.1) is 11.3 Å². The lowest BCUT2D eigenvalue weighted by atomic mass is 9.77. The Labute approximate surface area is 214 Å². The number of benzene rings is 1. The van der Waals surface area contributed by atoms with E-state index in [1.54, 1.807) is 0 Å². The minimum atomic E-state index is -9.71. The Bertz CT molecular complexity index is 1300. The first-order chi connectivity index (χ1) is 17.2. The van der Waals surface area contributed by atoms with Gasteiger partial charge in [-0.15, -0.1) is 0 Å². The molecule has 5 rings (SSSR count). The molecule has 3 aliphatic rings. The molecule has 2 fully saturated rings. The maximum absolute atomic E-state index is 13.1. The highest BCUT2D eigenvalue weighted by atomic mass is 32.5. The minimum Gasteiger partial charge on any atom is -0.394 e. The van der Waals surface area contributed by atoms with Gasteiger partial charge in [-0.2, -0.15) is 5.26 Å². The summed E-state index contributed by atoms with van der Waals surface area (Å²) in [5.41, 5.74) is 1.41. The summed E-state index contributed by atoms with van der Waals surface area (Å²) in [5.74, 6) is 0.750. The van der Waals surface area contributed by atoms with Gasteiger partial charge in [0.15, 0.2) is 0 Å². The van der Waals surface area contributed by atoms with E-state index in [1.807, 2.05) is 4.90 Å². The van der Waals surface area contributed by atoms with Gasteiger partial charge in [-0.05, 0) is 55.7 Å². The lowest BCUT2D eigenvalue weighted by Gasteiger charge is -2.43. The van der Waals surface area contributed by atoms with Gasteiger partial charge in [0, 0.05) is 25.3 Å². The normalized spacial score (nSPS) is 23.4. The first kappa shape index (κ1) is 26.2. The third-order valence-corrected chi connectivity index (χ3v) is 10.3. The fourth-order valence-corrected chi connectivity index (χ4v) is 7.40. The number of halogens is 5. The second kappa shape index (κ2) is 8.28. The summed E-state index contributed by atoms with van der Waals surface area (Å²) in [5, 5.41) is 23.4. The van der Waals surface area contributed by atoms with Crippen molar-refractivity contribution in [2.45, 2.75) is 59.8 Å². The Morgan fingerprint density at radius 2 is 1.81 bits per heavy atom. The molecule has 1 aromatic heterocycles. The van der Waals surface area contributed by atoms with Crippen molar-refractivity contribution in [1.82, 2.24) is 4.98 Å². The maximum atomic E-state index is 13.1. The molecule has 202 valence electrons. The number of aliphatic hydroxyl groups is 1. The van der Waals surface area contributed by atoms with E-state index < -0.39 is 31.5 Å². The van der Waals surface area contributed by atoms with Crippen LogP contribution in [0.3, 0.4) is 0 Å².